The fourth-order valence-electron chi connectivity index (χ4n) is 6.20. The Balaban J connectivity index is 0.000000182. The predicted octanol–water partition coefficient (Wildman–Crippen LogP) is 10.9. The standard InChI is InChI=1S/C22H21Cl2N3O4.C17H15Cl2N3O2.C5H6O3/c1-11(2)30-19-6-3-12(9-18(19)24)20-26-21(31-27-20)16-5-4-14(10-17(16)23)25-15-7-13(8-15)22(28)29;1-9(2)23-15-6-3-10(7-14(15)19)16-21-17(24-22-16)12-5-4-11(20)8-13(12)18;6-4-1-3(2-4)5(7)8/h3-6,9-11,13,15,25H,7-8H2,1-2H3,(H,28,29);3-9H,20H2,1-2H3;3H,1-2H2,(H,7,8). The number of carboxylic acids is 2. The van der Waals surface area contributed by atoms with Gasteiger partial charge in [-0.3, -0.25) is 14.4 Å². The molecule has 0 spiro atoms. The number of nitrogens with one attached hydrogen (secondary N) is 1. The van der Waals surface area contributed by atoms with Crippen LogP contribution in [0.5, 0.6) is 11.5 Å². The lowest BCUT2D eigenvalue weighted by Gasteiger charge is -2.33. The van der Waals surface area contributed by atoms with Crippen molar-refractivity contribution in [2.75, 3.05) is 11.1 Å². The molecule has 0 bridgehead atoms. The first-order valence-corrected chi connectivity index (χ1v) is 21.1. The van der Waals surface area contributed by atoms with Crippen LogP contribution in [-0.4, -0.2) is 66.5 Å². The summed E-state index contributed by atoms with van der Waals surface area (Å²) in [6.07, 6.45) is 1.75. The lowest BCUT2D eigenvalue weighted by molar-refractivity contribution is -0.149. The number of carbonyl (C=O) groups excluding carboxylic acids is 1. The number of benzene rings is 4. The van der Waals surface area contributed by atoms with E-state index >= 15 is 0 Å². The highest BCUT2D eigenvalue weighted by Crippen LogP contribution is 2.36. The molecule has 63 heavy (non-hydrogen) atoms. The number of anilines is 2. The number of ether oxygens (including phenoxy) is 2. The van der Waals surface area contributed by atoms with E-state index in [-0.39, 0.29) is 48.7 Å². The molecule has 2 aliphatic carbocycles. The smallest absolute Gasteiger partial charge is 0.307 e. The van der Waals surface area contributed by atoms with Gasteiger partial charge in [0.2, 0.25) is 11.6 Å². The second-order valence-electron chi connectivity index (χ2n) is 15.2. The number of aliphatic carboxylic acids is 2. The van der Waals surface area contributed by atoms with Gasteiger partial charge in [0.05, 0.1) is 55.3 Å². The summed E-state index contributed by atoms with van der Waals surface area (Å²) < 4.78 is 22.0. The number of nitrogen functional groups attached to an aromatic ring is 1. The van der Waals surface area contributed by atoms with Crippen LogP contribution in [0.25, 0.3) is 45.7 Å². The molecule has 2 aliphatic rings. The molecule has 6 aromatic rings. The third kappa shape index (κ3) is 12.2. The minimum atomic E-state index is -0.843. The molecule has 0 unspecified atom stereocenters. The van der Waals surface area contributed by atoms with E-state index in [2.05, 4.69) is 25.6 Å². The molecule has 2 heterocycles. The van der Waals surface area contributed by atoms with E-state index in [4.69, 9.17) is 80.9 Å². The van der Waals surface area contributed by atoms with E-state index in [1.165, 1.54) is 0 Å². The quantitative estimate of drug-likeness (QED) is 0.0837. The lowest BCUT2D eigenvalue weighted by atomic mass is 9.80. The first kappa shape index (κ1) is 46.6. The second-order valence-corrected chi connectivity index (χ2v) is 16.9. The average Bonchev–Trinajstić information content (AvgIpc) is 3.88. The number of carboxylic acid groups (broad SMARTS) is 2. The first-order valence-electron chi connectivity index (χ1n) is 19.6. The van der Waals surface area contributed by atoms with Gasteiger partial charge in [-0.2, -0.15) is 9.97 Å². The van der Waals surface area contributed by atoms with E-state index in [1.807, 2.05) is 45.9 Å². The summed E-state index contributed by atoms with van der Waals surface area (Å²) in [5.41, 5.74) is 9.71. The molecule has 2 fully saturated rings. The average molecular weight is 941 g/mol. The molecule has 4 aromatic carbocycles. The third-order valence-electron chi connectivity index (χ3n) is 9.54. The highest BCUT2D eigenvalue weighted by Gasteiger charge is 2.34. The van der Waals surface area contributed by atoms with Gasteiger partial charge in [-0.05, 0) is 113 Å². The molecule has 5 N–H and O–H groups in total. The maximum Gasteiger partial charge on any atom is 0.307 e. The Morgan fingerprint density at radius 1 is 0.683 bits per heavy atom. The first-order chi connectivity index (χ1) is 29.9. The Labute approximate surface area is 381 Å². The van der Waals surface area contributed by atoms with Crippen LogP contribution in [-0.2, 0) is 14.4 Å². The van der Waals surface area contributed by atoms with Crippen molar-refractivity contribution in [2.24, 2.45) is 11.8 Å². The molecule has 330 valence electrons. The number of halogens is 4. The van der Waals surface area contributed by atoms with Crippen LogP contribution >= 0.6 is 46.4 Å². The monoisotopic (exact) mass is 938 g/mol. The van der Waals surface area contributed by atoms with Gasteiger partial charge in [-0.1, -0.05) is 56.7 Å². The Kier molecular flexibility index (Phi) is 15.2. The van der Waals surface area contributed by atoms with Gasteiger partial charge in [0, 0.05) is 41.4 Å². The van der Waals surface area contributed by atoms with Crippen molar-refractivity contribution in [3.63, 3.8) is 0 Å². The minimum absolute atomic E-state index is 0.0163. The van der Waals surface area contributed by atoms with Gasteiger partial charge in [0.1, 0.15) is 17.3 Å². The Bertz CT molecular complexity index is 2600. The molecule has 0 amide bonds. The van der Waals surface area contributed by atoms with Crippen LogP contribution in [0.2, 0.25) is 20.1 Å². The molecule has 2 saturated carbocycles. The van der Waals surface area contributed by atoms with E-state index in [0.717, 1.165) is 11.3 Å². The summed E-state index contributed by atoms with van der Waals surface area (Å²) in [7, 11) is 0. The van der Waals surface area contributed by atoms with Crippen molar-refractivity contribution in [2.45, 2.75) is 71.6 Å². The van der Waals surface area contributed by atoms with Gasteiger partial charge < -0.3 is 39.8 Å². The number of carbonyl (C=O) groups is 3. The molecule has 0 saturated heterocycles. The van der Waals surface area contributed by atoms with E-state index in [1.54, 1.807) is 54.6 Å². The predicted molar refractivity (Wildman–Crippen MR) is 239 cm³/mol. The topological polar surface area (TPSA) is 226 Å². The van der Waals surface area contributed by atoms with E-state index < -0.39 is 11.9 Å². The maximum atomic E-state index is 10.9. The number of Topliss-reactive ketones (excluding diaryl/α,β-unsaturated/α-hetero) is 1. The molecule has 8 rings (SSSR count). The fraction of sp³-hybridized carbons (Fsp3) is 0.295. The highest BCUT2D eigenvalue weighted by molar-refractivity contribution is 6.34. The highest BCUT2D eigenvalue weighted by atomic mass is 35.5. The van der Waals surface area contributed by atoms with Crippen LogP contribution in [0.15, 0.2) is 81.8 Å². The lowest BCUT2D eigenvalue weighted by Crippen LogP contribution is -2.39. The summed E-state index contributed by atoms with van der Waals surface area (Å²) >= 11 is 25.2. The largest absolute Gasteiger partial charge is 0.489 e. The Morgan fingerprint density at radius 2 is 1.16 bits per heavy atom. The van der Waals surface area contributed by atoms with Gasteiger partial charge in [-0.25, -0.2) is 0 Å². The molecule has 15 nitrogen and oxygen atoms in total. The number of nitrogens with zero attached hydrogens (tertiary/aromatic N) is 4. The van der Waals surface area contributed by atoms with Gasteiger partial charge in [-0.15, -0.1) is 0 Å². The third-order valence-corrected chi connectivity index (χ3v) is 10.8. The fourth-order valence-corrected chi connectivity index (χ4v) is 7.18. The summed E-state index contributed by atoms with van der Waals surface area (Å²) in [4.78, 5) is 39.9. The summed E-state index contributed by atoms with van der Waals surface area (Å²) in [6, 6.07) is 21.3. The van der Waals surface area contributed by atoms with Crippen molar-refractivity contribution in [3.8, 4) is 57.2 Å². The zero-order valence-electron chi connectivity index (χ0n) is 34.3. The molecular weight excluding hydrogens is 898 g/mol. The molecule has 0 atom stereocenters. The number of ketones is 1. The van der Waals surface area contributed by atoms with Crippen LogP contribution in [0, 0.1) is 11.8 Å². The SMILES string of the molecule is CC(C)Oc1ccc(-c2noc(-c3ccc(N)cc3Cl)n2)cc1Cl.CC(C)Oc1ccc(-c2noc(-c3ccc(NC4CC(C(=O)O)C4)cc3Cl)n2)cc1Cl.O=C1CC(C(=O)O)C1. The van der Waals surface area contributed by atoms with Gasteiger partial charge in [0.15, 0.2) is 0 Å². The zero-order chi connectivity index (χ0) is 45.5. The van der Waals surface area contributed by atoms with Crippen molar-refractivity contribution >= 4 is 75.5 Å². The number of rotatable bonds is 12. The number of aromatic nitrogens is 4. The Hall–Kier alpha value is -5.87. The molecule has 19 heteroatoms. The van der Waals surface area contributed by atoms with E-state index in [0.29, 0.717) is 90.2 Å². The summed E-state index contributed by atoms with van der Waals surface area (Å²) in [5, 5.41) is 30.4. The van der Waals surface area contributed by atoms with Gasteiger partial charge in [0.25, 0.3) is 11.8 Å². The molecule has 0 radical (unpaired) electrons. The summed E-state index contributed by atoms with van der Waals surface area (Å²) in [6.45, 7) is 7.73. The number of hydrogen-bond acceptors (Lipinski definition) is 13. The van der Waals surface area contributed by atoms with E-state index in [9.17, 15) is 14.4 Å². The van der Waals surface area contributed by atoms with Crippen molar-refractivity contribution in [1.29, 1.82) is 0 Å². The minimum Gasteiger partial charge on any atom is -0.489 e. The van der Waals surface area contributed by atoms with Crippen molar-refractivity contribution in [1.82, 2.24) is 20.3 Å². The number of nitrogens with two attached hydrogens (primary N) is 1. The summed E-state index contributed by atoms with van der Waals surface area (Å²) in [5.74, 6) is 0.442. The Morgan fingerprint density at radius 3 is 1.56 bits per heavy atom. The number of hydrogen-bond donors (Lipinski definition) is 4. The zero-order valence-corrected chi connectivity index (χ0v) is 37.3. The van der Waals surface area contributed by atoms with Crippen molar-refractivity contribution in [3.05, 3.63) is 92.9 Å². The normalized spacial score (nSPS) is 15.6. The van der Waals surface area contributed by atoms with Crippen LogP contribution in [0.1, 0.15) is 53.4 Å². The molecule has 2 aromatic heterocycles. The van der Waals surface area contributed by atoms with Crippen LogP contribution < -0.4 is 20.5 Å². The van der Waals surface area contributed by atoms with Crippen LogP contribution in [0.4, 0.5) is 11.4 Å². The maximum absolute atomic E-state index is 10.9. The molecular formula is C44H42Cl4N6O9. The molecule has 0 aliphatic heterocycles. The second kappa shape index (κ2) is 20.5. The van der Waals surface area contributed by atoms with Crippen LogP contribution in [0.3, 0.4) is 0 Å². The van der Waals surface area contributed by atoms with Gasteiger partial charge >= 0.3 is 11.9 Å². The van der Waals surface area contributed by atoms with Crippen molar-refractivity contribution < 1.29 is 43.1 Å².